The van der Waals surface area contributed by atoms with E-state index in [-0.39, 0.29) is 12.3 Å². The lowest BCUT2D eigenvalue weighted by Crippen LogP contribution is -2.15. The zero-order valence-electron chi connectivity index (χ0n) is 16.5. The first-order valence-corrected chi connectivity index (χ1v) is 9.38. The highest BCUT2D eigenvalue weighted by atomic mass is 19.4. The van der Waals surface area contributed by atoms with Crippen LogP contribution in [0.4, 0.5) is 30.7 Å². The molecule has 0 bridgehead atoms. The molecule has 1 nitrogen and oxygen atoms in total. The number of aliphatic imine (C=N–C) groups is 1. The van der Waals surface area contributed by atoms with Crippen LogP contribution in [0.1, 0.15) is 60.5 Å². The van der Waals surface area contributed by atoms with E-state index in [2.05, 4.69) is 4.99 Å². The Kier molecular flexibility index (Phi) is 7.66. The number of nitrogens with zero attached hydrogens (tertiary/aromatic N) is 1. The predicted octanol–water partition coefficient (Wildman–Crippen LogP) is 7.79. The molecular weight excluding hydrogens is 411 g/mol. The Morgan fingerprint density at radius 3 is 2.00 bits per heavy atom. The van der Waals surface area contributed by atoms with Crippen molar-refractivity contribution in [1.29, 1.82) is 0 Å². The van der Waals surface area contributed by atoms with E-state index < -0.39 is 41.8 Å². The van der Waals surface area contributed by atoms with Crippen LogP contribution in [0.25, 0.3) is 0 Å². The van der Waals surface area contributed by atoms with E-state index in [9.17, 15) is 30.7 Å². The smallest absolute Gasteiger partial charge is 0.284 e. The summed E-state index contributed by atoms with van der Waals surface area (Å²) in [4.78, 5) is 4.20. The molecule has 0 aliphatic carbocycles. The van der Waals surface area contributed by atoms with Gasteiger partial charge in [0.05, 0.1) is 17.2 Å². The molecule has 2 rings (SSSR count). The lowest BCUT2D eigenvalue weighted by Gasteiger charge is -2.21. The van der Waals surface area contributed by atoms with Crippen LogP contribution in [-0.4, -0.2) is 6.21 Å². The summed E-state index contributed by atoms with van der Waals surface area (Å²) in [6.45, 7) is 3.08. The molecule has 0 heterocycles. The topological polar surface area (TPSA) is 12.4 Å². The van der Waals surface area contributed by atoms with Gasteiger partial charge in [-0.2, -0.15) is 26.3 Å². The monoisotopic (exact) mass is 433 g/mol. The van der Waals surface area contributed by atoms with E-state index >= 15 is 0 Å². The normalized spacial score (nSPS) is 13.9. The molecule has 0 aliphatic heterocycles. The largest absolute Gasteiger partial charge is 0.416 e. The van der Waals surface area contributed by atoms with Crippen LogP contribution in [-0.2, 0) is 19.0 Å². The molecule has 1 unspecified atom stereocenters. The average Bonchev–Trinajstić information content (AvgIpc) is 2.66. The van der Waals surface area contributed by atoms with Crippen LogP contribution >= 0.6 is 0 Å². The maximum atomic E-state index is 13.5. The minimum Gasteiger partial charge on any atom is -0.284 e. The van der Waals surface area contributed by atoms with Crippen molar-refractivity contribution in [3.63, 3.8) is 0 Å². The van der Waals surface area contributed by atoms with Crippen LogP contribution < -0.4 is 0 Å². The standard InChI is InChI=1S/C22H22F7N/c1-14(2)3-10-20(30-13-16-6-4-15(12-23)5-7-16)18-11-17(21(24,25)26)8-9-19(18)22(27,28)29/h4-9,11,13-14,20H,3,10,12H2,1-2H3/b30-13+. The fourth-order valence-corrected chi connectivity index (χ4v) is 2.94. The Bertz CT molecular complexity index is 849. The number of benzene rings is 2. The molecule has 2 aromatic rings. The molecule has 2 aromatic carbocycles. The van der Waals surface area contributed by atoms with Gasteiger partial charge in [0.2, 0.25) is 0 Å². The number of hydrogen-bond acceptors (Lipinski definition) is 1. The second kappa shape index (κ2) is 9.62. The maximum Gasteiger partial charge on any atom is 0.416 e. The third-order valence-electron chi connectivity index (χ3n) is 4.60. The molecule has 1 atom stereocenters. The third kappa shape index (κ3) is 6.57. The van der Waals surface area contributed by atoms with Gasteiger partial charge in [-0.15, -0.1) is 0 Å². The molecular formula is C22H22F7N. The Morgan fingerprint density at radius 2 is 1.50 bits per heavy atom. The lowest BCUT2D eigenvalue weighted by molar-refractivity contribution is -0.142. The molecule has 0 saturated carbocycles. The van der Waals surface area contributed by atoms with E-state index in [1.165, 1.54) is 18.3 Å². The van der Waals surface area contributed by atoms with Gasteiger partial charge >= 0.3 is 12.4 Å². The van der Waals surface area contributed by atoms with Crippen LogP contribution in [0.2, 0.25) is 0 Å². The first-order valence-electron chi connectivity index (χ1n) is 9.38. The average molecular weight is 433 g/mol. The summed E-state index contributed by atoms with van der Waals surface area (Å²) in [5, 5.41) is 0. The van der Waals surface area contributed by atoms with E-state index in [0.717, 1.165) is 0 Å². The predicted molar refractivity (Wildman–Crippen MR) is 102 cm³/mol. The summed E-state index contributed by atoms with van der Waals surface area (Å²) in [6.07, 6.45) is -7.63. The molecule has 30 heavy (non-hydrogen) atoms. The van der Waals surface area contributed by atoms with Crippen molar-refractivity contribution < 1.29 is 30.7 Å². The zero-order valence-corrected chi connectivity index (χ0v) is 16.5. The van der Waals surface area contributed by atoms with E-state index in [0.29, 0.717) is 35.7 Å². The number of hydrogen-bond donors (Lipinski definition) is 0. The van der Waals surface area contributed by atoms with Crippen molar-refractivity contribution in [2.45, 2.75) is 51.8 Å². The Hall–Kier alpha value is -2.38. The highest BCUT2D eigenvalue weighted by Gasteiger charge is 2.38. The number of halogens is 7. The Morgan fingerprint density at radius 1 is 0.867 bits per heavy atom. The number of alkyl halides is 7. The molecule has 8 heteroatoms. The van der Waals surface area contributed by atoms with Crippen molar-refractivity contribution in [2.75, 3.05) is 0 Å². The Balaban J connectivity index is 2.51. The summed E-state index contributed by atoms with van der Waals surface area (Å²) in [5.74, 6) is 0.131. The maximum absolute atomic E-state index is 13.5. The van der Waals surface area contributed by atoms with Gasteiger partial charge in [-0.05, 0) is 53.6 Å². The molecule has 0 aromatic heterocycles. The minimum absolute atomic E-state index is 0.131. The first-order chi connectivity index (χ1) is 13.9. The second-order valence-electron chi connectivity index (χ2n) is 7.44. The van der Waals surface area contributed by atoms with Gasteiger partial charge in [-0.25, -0.2) is 4.39 Å². The van der Waals surface area contributed by atoms with Gasteiger partial charge in [0, 0.05) is 6.21 Å². The molecule has 0 spiro atoms. The van der Waals surface area contributed by atoms with E-state index in [4.69, 9.17) is 0 Å². The molecule has 0 amide bonds. The molecule has 164 valence electrons. The summed E-state index contributed by atoms with van der Waals surface area (Å²) >= 11 is 0. The summed E-state index contributed by atoms with van der Waals surface area (Å²) in [7, 11) is 0. The molecule has 0 saturated heterocycles. The highest BCUT2D eigenvalue weighted by Crippen LogP contribution is 2.41. The van der Waals surface area contributed by atoms with Crippen molar-refractivity contribution in [3.05, 3.63) is 70.3 Å². The van der Waals surface area contributed by atoms with Gasteiger partial charge in [-0.3, -0.25) is 4.99 Å². The summed E-state index contributed by atoms with van der Waals surface area (Å²) in [6, 6.07) is 6.45. The third-order valence-corrected chi connectivity index (χ3v) is 4.60. The summed E-state index contributed by atoms with van der Waals surface area (Å²) < 4.78 is 92.6. The molecule has 0 radical (unpaired) electrons. The van der Waals surface area contributed by atoms with Gasteiger partial charge < -0.3 is 0 Å². The van der Waals surface area contributed by atoms with Crippen LogP contribution in [0.5, 0.6) is 0 Å². The quantitative estimate of drug-likeness (QED) is 0.312. The SMILES string of the molecule is CC(C)CCC(/N=C/c1ccc(CF)cc1)c1cc(C(F)(F)F)ccc1C(F)(F)F. The fraction of sp³-hybridized carbons (Fsp3) is 0.409. The van der Waals surface area contributed by atoms with Crippen LogP contribution in [0.15, 0.2) is 47.5 Å². The second-order valence-corrected chi connectivity index (χ2v) is 7.44. The molecule has 0 aliphatic rings. The summed E-state index contributed by atoms with van der Waals surface area (Å²) in [5.41, 5.74) is -1.84. The van der Waals surface area contributed by atoms with Crippen LogP contribution in [0.3, 0.4) is 0 Å². The van der Waals surface area contributed by atoms with Gasteiger partial charge in [0.1, 0.15) is 6.67 Å². The van der Waals surface area contributed by atoms with Crippen molar-refractivity contribution in [3.8, 4) is 0 Å². The number of rotatable bonds is 7. The van der Waals surface area contributed by atoms with E-state index in [1.807, 2.05) is 13.8 Å². The van der Waals surface area contributed by atoms with E-state index in [1.54, 1.807) is 12.1 Å². The minimum atomic E-state index is -4.81. The highest BCUT2D eigenvalue weighted by molar-refractivity contribution is 5.79. The Labute approximate surface area is 170 Å². The van der Waals surface area contributed by atoms with Crippen LogP contribution in [0, 0.1) is 5.92 Å². The first kappa shape index (κ1) is 23.9. The molecule has 0 fully saturated rings. The molecule has 0 N–H and O–H groups in total. The van der Waals surface area contributed by atoms with Crippen molar-refractivity contribution >= 4 is 6.21 Å². The fourth-order valence-electron chi connectivity index (χ4n) is 2.94. The zero-order chi connectivity index (χ0) is 22.5. The van der Waals surface area contributed by atoms with Gasteiger partial charge in [0.25, 0.3) is 0 Å². The van der Waals surface area contributed by atoms with Gasteiger partial charge in [-0.1, -0.05) is 38.1 Å². The van der Waals surface area contributed by atoms with Crippen molar-refractivity contribution in [1.82, 2.24) is 0 Å². The van der Waals surface area contributed by atoms with Gasteiger partial charge in [0.15, 0.2) is 0 Å². The van der Waals surface area contributed by atoms with Crippen molar-refractivity contribution in [2.24, 2.45) is 10.9 Å². The lowest BCUT2D eigenvalue weighted by atomic mass is 9.92.